The number of rotatable bonds is 1. The van der Waals surface area contributed by atoms with Gasteiger partial charge in [-0.2, -0.15) is 13.2 Å². The lowest BCUT2D eigenvalue weighted by molar-refractivity contribution is -0.137. The average Bonchev–Trinajstić information content (AvgIpc) is 2.01. The summed E-state index contributed by atoms with van der Waals surface area (Å²) in [6.45, 7) is 7.25. The number of hydrogen-bond donors (Lipinski definition) is 0. The molecule has 0 fully saturated rings. The molecule has 0 aliphatic carbocycles. The third-order valence-electron chi connectivity index (χ3n) is 2.01. The Morgan fingerprint density at radius 3 is 2.14 bits per heavy atom. The summed E-state index contributed by atoms with van der Waals surface area (Å²) < 4.78 is 37.2. The van der Waals surface area contributed by atoms with E-state index in [0.717, 1.165) is 6.07 Å². The highest BCUT2D eigenvalue weighted by Gasteiger charge is 2.30. The van der Waals surface area contributed by atoms with Gasteiger partial charge in [-0.15, -0.1) is 0 Å². The van der Waals surface area contributed by atoms with Crippen LogP contribution < -0.4 is 0 Å². The highest BCUT2D eigenvalue weighted by Crippen LogP contribution is 2.32. The predicted octanol–water partition coefficient (Wildman–Crippen LogP) is 4.01. The van der Waals surface area contributed by atoms with Crippen LogP contribution in [0.1, 0.15) is 36.5 Å². The topological polar surface area (TPSA) is 0 Å². The van der Waals surface area contributed by atoms with Gasteiger partial charge in [0.1, 0.15) is 0 Å². The van der Waals surface area contributed by atoms with Gasteiger partial charge in [-0.05, 0) is 36.1 Å². The van der Waals surface area contributed by atoms with Gasteiger partial charge in [0.2, 0.25) is 0 Å². The van der Waals surface area contributed by atoms with Gasteiger partial charge >= 0.3 is 6.18 Å². The van der Waals surface area contributed by atoms with Gasteiger partial charge in [0.05, 0.1) is 5.56 Å². The molecule has 0 aliphatic rings. The normalized spacial score (nSPS) is 12.2. The van der Waals surface area contributed by atoms with E-state index >= 15 is 0 Å². The van der Waals surface area contributed by atoms with Crippen molar-refractivity contribution in [3.05, 3.63) is 41.8 Å². The molecule has 1 aromatic carbocycles. The number of alkyl halides is 3. The van der Waals surface area contributed by atoms with Crippen LogP contribution in [0.25, 0.3) is 0 Å². The second-order valence-corrected chi connectivity index (χ2v) is 3.62. The second-order valence-electron chi connectivity index (χ2n) is 3.62. The molecule has 3 heteroatoms. The van der Waals surface area contributed by atoms with Gasteiger partial charge < -0.3 is 0 Å². The van der Waals surface area contributed by atoms with E-state index in [4.69, 9.17) is 0 Å². The van der Waals surface area contributed by atoms with Crippen molar-refractivity contribution in [2.75, 3.05) is 0 Å². The highest BCUT2D eigenvalue weighted by atomic mass is 19.4. The van der Waals surface area contributed by atoms with Gasteiger partial charge in [0.15, 0.2) is 0 Å². The van der Waals surface area contributed by atoms with Crippen molar-refractivity contribution >= 4 is 0 Å². The van der Waals surface area contributed by atoms with E-state index in [2.05, 4.69) is 6.92 Å². The molecule has 0 aromatic heterocycles. The van der Waals surface area contributed by atoms with E-state index in [9.17, 15) is 13.2 Å². The van der Waals surface area contributed by atoms with Crippen LogP contribution in [0, 0.1) is 6.92 Å². The summed E-state index contributed by atoms with van der Waals surface area (Å²) in [5, 5.41) is 0. The maximum Gasteiger partial charge on any atom is 0.416 e. The number of halogens is 3. The molecular formula is C11H12F3. The van der Waals surface area contributed by atoms with E-state index in [1.165, 1.54) is 6.07 Å². The molecule has 0 aliphatic heterocycles. The van der Waals surface area contributed by atoms with Crippen molar-refractivity contribution < 1.29 is 13.2 Å². The maximum atomic E-state index is 12.4. The number of hydrogen-bond acceptors (Lipinski definition) is 0. The van der Waals surface area contributed by atoms with E-state index in [1.54, 1.807) is 6.07 Å². The van der Waals surface area contributed by atoms with Gasteiger partial charge in [-0.1, -0.05) is 19.9 Å². The summed E-state index contributed by atoms with van der Waals surface area (Å²) in [6, 6.07) is 3.92. The molecule has 0 saturated carbocycles. The van der Waals surface area contributed by atoms with Crippen molar-refractivity contribution in [1.29, 1.82) is 0 Å². The molecule has 0 N–H and O–H groups in total. The zero-order valence-corrected chi connectivity index (χ0v) is 8.15. The Morgan fingerprint density at radius 2 is 1.71 bits per heavy atom. The summed E-state index contributed by atoms with van der Waals surface area (Å²) in [4.78, 5) is 0. The Hall–Kier alpha value is -0.990. The van der Waals surface area contributed by atoms with Crippen LogP contribution in [-0.2, 0) is 6.18 Å². The Morgan fingerprint density at radius 1 is 1.14 bits per heavy atom. The molecule has 1 aromatic rings. The van der Waals surface area contributed by atoms with Crippen molar-refractivity contribution in [2.45, 2.75) is 25.9 Å². The van der Waals surface area contributed by atoms with E-state index in [0.29, 0.717) is 11.1 Å². The first-order valence-electron chi connectivity index (χ1n) is 4.35. The largest absolute Gasteiger partial charge is 0.416 e. The summed E-state index contributed by atoms with van der Waals surface area (Å²) in [5.41, 5.74) is 0.460. The van der Waals surface area contributed by atoms with Crippen LogP contribution in [0.3, 0.4) is 0 Å². The van der Waals surface area contributed by atoms with E-state index in [1.807, 2.05) is 13.8 Å². The Balaban J connectivity index is 3.21. The monoisotopic (exact) mass is 201 g/mol. The van der Waals surface area contributed by atoms with Gasteiger partial charge in [0, 0.05) is 0 Å². The number of benzene rings is 1. The van der Waals surface area contributed by atoms with Crippen molar-refractivity contribution in [3.63, 3.8) is 0 Å². The molecule has 0 saturated heterocycles. The summed E-state index contributed by atoms with van der Waals surface area (Å²) in [7, 11) is 0. The zero-order valence-electron chi connectivity index (χ0n) is 8.15. The molecule has 14 heavy (non-hydrogen) atoms. The summed E-state index contributed by atoms with van der Waals surface area (Å²) in [5.74, 6) is 0.0813. The zero-order chi connectivity index (χ0) is 10.9. The van der Waals surface area contributed by atoms with Crippen LogP contribution in [0.15, 0.2) is 18.2 Å². The Bertz CT molecular complexity index is 324. The first-order valence-corrected chi connectivity index (χ1v) is 4.35. The fourth-order valence-electron chi connectivity index (χ4n) is 1.22. The molecule has 77 valence electrons. The third kappa shape index (κ3) is 2.50. The lowest BCUT2D eigenvalue weighted by Gasteiger charge is -2.12. The average molecular weight is 201 g/mol. The SMILES string of the molecule is [CH2]c1cc(C(C)C)cc(C(F)(F)F)c1. The van der Waals surface area contributed by atoms with E-state index in [-0.39, 0.29) is 5.92 Å². The van der Waals surface area contributed by atoms with Crippen molar-refractivity contribution in [2.24, 2.45) is 0 Å². The minimum absolute atomic E-state index is 0.0813. The predicted molar refractivity (Wildman–Crippen MR) is 50.0 cm³/mol. The fraction of sp³-hybridized carbons (Fsp3) is 0.364. The van der Waals surface area contributed by atoms with Crippen LogP contribution in [0.2, 0.25) is 0 Å². The van der Waals surface area contributed by atoms with Crippen LogP contribution in [-0.4, -0.2) is 0 Å². The highest BCUT2D eigenvalue weighted by molar-refractivity contribution is 5.34. The third-order valence-corrected chi connectivity index (χ3v) is 2.01. The van der Waals surface area contributed by atoms with Crippen molar-refractivity contribution in [1.82, 2.24) is 0 Å². The second kappa shape index (κ2) is 3.64. The molecule has 1 radical (unpaired) electrons. The van der Waals surface area contributed by atoms with Crippen LogP contribution in [0.5, 0.6) is 0 Å². The molecule has 0 spiro atoms. The van der Waals surface area contributed by atoms with Gasteiger partial charge in [-0.3, -0.25) is 0 Å². The Kier molecular flexibility index (Phi) is 2.88. The molecule has 0 unspecified atom stereocenters. The minimum Gasteiger partial charge on any atom is -0.166 e. The van der Waals surface area contributed by atoms with Crippen molar-refractivity contribution in [3.8, 4) is 0 Å². The lowest BCUT2D eigenvalue weighted by Crippen LogP contribution is -2.06. The standard InChI is InChI=1S/C11H12F3/c1-7(2)9-4-8(3)5-10(6-9)11(12,13)14/h4-7H,3H2,1-2H3. The first kappa shape index (κ1) is 11.1. The van der Waals surface area contributed by atoms with Crippen LogP contribution >= 0.6 is 0 Å². The quantitative estimate of drug-likeness (QED) is 0.644. The minimum atomic E-state index is -4.28. The molecular weight excluding hydrogens is 189 g/mol. The molecule has 0 atom stereocenters. The fourth-order valence-corrected chi connectivity index (χ4v) is 1.22. The molecule has 0 amide bonds. The lowest BCUT2D eigenvalue weighted by atomic mass is 9.98. The molecule has 1 rings (SSSR count). The molecule has 0 heterocycles. The van der Waals surface area contributed by atoms with E-state index < -0.39 is 11.7 Å². The molecule has 0 nitrogen and oxygen atoms in total. The summed E-state index contributed by atoms with van der Waals surface area (Å²) >= 11 is 0. The maximum absolute atomic E-state index is 12.4. The van der Waals surface area contributed by atoms with Crippen LogP contribution in [0.4, 0.5) is 13.2 Å². The molecule has 0 bridgehead atoms. The van der Waals surface area contributed by atoms with Gasteiger partial charge in [0.25, 0.3) is 0 Å². The first-order chi connectivity index (χ1) is 6.30. The Labute approximate surface area is 81.8 Å². The summed E-state index contributed by atoms with van der Waals surface area (Å²) in [6.07, 6.45) is -4.28. The van der Waals surface area contributed by atoms with Gasteiger partial charge in [-0.25, -0.2) is 0 Å². The smallest absolute Gasteiger partial charge is 0.166 e.